The fraction of sp³-hybridized carbons (Fsp3) is 0.480. The molecule has 2 aromatic rings. The minimum absolute atomic E-state index is 0.103. The summed E-state index contributed by atoms with van der Waals surface area (Å²) in [6.45, 7) is 8.81. The summed E-state index contributed by atoms with van der Waals surface area (Å²) in [4.78, 5) is 5.18. The third-order valence-electron chi connectivity index (χ3n) is 6.03. The zero-order chi connectivity index (χ0) is 22.9. The van der Waals surface area contributed by atoms with Crippen molar-refractivity contribution in [2.24, 2.45) is 5.92 Å². The lowest BCUT2D eigenvalue weighted by atomic mass is 9.94. The van der Waals surface area contributed by atoms with Crippen LogP contribution in [0, 0.1) is 5.92 Å². The second-order valence-electron chi connectivity index (χ2n) is 9.67. The zero-order valence-corrected chi connectivity index (χ0v) is 19.8. The van der Waals surface area contributed by atoms with Crippen LogP contribution < -0.4 is 0 Å². The summed E-state index contributed by atoms with van der Waals surface area (Å²) in [5, 5.41) is 10.1. The van der Waals surface area contributed by atoms with Crippen molar-refractivity contribution >= 4 is 20.9 Å². The summed E-state index contributed by atoms with van der Waals surface area (Å²) < 4.78 is 34.5. The van der Waals surface area contributed by atoms with Crippen LogP contribution in [-0.2, 0) is 26.5 Å². The van der Waals surface area contributed by atoms with E-state index >= 15 is 0 Å². The van der Waals surface area contributed by atoms with Crippen LogP contribution in [0.4, 0.5) is 0 Å². The predicted octanol–water partition coefficient (Wildman–Crippen LogP) is 4.30. The lowest BCUT2D eigenvalue weighted by Crippen LogP contribution is -2.25. The first-order valence-corrected chi connectivity index (χ1v) is 12.7. The van der Waals surface area contributed by atoms with Gasteiger partial charge in [-0.2, -0.15) is 0 Å². The van der Waals surface area contributed by atoms with Gasteiger partial charge >= 0.3 is 0 Å². The molecule has 1 atom stereocenters. The highest BCUT2D eigenvalue weighted by atomic mass is 32.2. The van der Waals surface area contributed by atoms with E-state index in [1.165, 1.54) is 12.2 Å². The van der Waals surface area contributed by atoms with Gasteiger partial charge in [0.25, 0.3) is 0 Å². The Balaban J connectivity index is 1.77. The van der Waals surface area contributed by atoms with E-state index in [9.17, 15) is 13.5 Å². The Hall–Kier alpha value is -2.22. The number of hydrogen-bond donors (Lipinski definition) is 1. The van der Waals surface area contributed by atoms with Crippen molar-refractivity contribution in [3.8, 4) is 0 Å². The molecule has 1 aliphatic carbocycles. The maximum Gasteiger partial charge on any atom is 0.206 e. The van der Waals surface area contributed by atoms with Gasteiger partial charge in [0.15, 0.2) is 0 Å². The van der Waals surface area contributed by atoms with Crippen LogP contribution in [0.25, 0.3) is 11.0 Å². The van der Waals surface area contributed by atoms with Crippen molar-refractivity contribution in [2.75, 3.05) is 13.2 Å². The Kier molecular flexibility index (Phi) is 6.43. The Morgan fingerprint density at radius 3 is 2.66 bits per heavy atom. The number of nitrogens with zero attached hydrogens (tertiary/aromatic N) is 2. The van der Waals surface area contributed by atoms with Crippen LogP contribution in [0.15, 0.2) is 58.4 Å². The molecule has 7 heteroatoms. The molecule has 1 aromatic carbocycles. The van der Waals surface area contributed by atoms with Gasteiger partial charge in [0.1, 0.15) is 5.82 Å². The van der Waals surface area contributed by atoms with Crippen molar-refractivity contribution in [3.63, 3.8) is 0 Å². The third-order valence-corrected chi connectivity index (χ3v) is 7.80. The number of fused-ring (bicyclic) bond motifs is 1. The van der Waals surface area contributed by atoms with Gasteiger partial charge in [-0.3, -0.25) is 0 Å². The first-order chi connectivity index (χ1) is 15.2. The summed E-state index contributed by atoms with van der Waals surface area (Å²) in [5.74, 6) is 1.48. The smallest absolute Gasteiger partial charge is 0.206 e. The second-order valence-corrected chi connectivity index (χ2v) is 11.6. The van der Waals surface area contributed by atoms with E-state index in [-0.39, 0.29) is 15.2 Å². The first-order valence-electron chi connectivity index (χ1n) is 11.2. The van der Waals surface area contributed by atoms with Gasteiger partial charge in [-0.1, -0.05) is 39.0 Å². The van der Waals surface area contributed by atoms with E-state index in [0.29, 0.717) is 17.9 Å². The average Bonchev–Trinajstić information content (AvgIpc) is 3.09. The molecule has 1 fully saturated rings. The normalized spacial score (nSPS) is 20.9. The monoisotopic (exact) mass is 456 g/mol. The van der Waals surface area contributed by atoms with Crippen LogP contribution in [0.2, 0.25) is 0 Å². The maximum atomic E-state index is 13.3. The molecule has 1 aliphatic heterocycles. The topological polar surface area (TPSA) is 81.4 Å². The van der Waals surface area contributed by atoms with E-state index in [2.05, 4.69) is 25.3 Å². The van der Waals surface area contributed by atoms with Crippen molar-refractivity contribution in [1.82, 2.24) is 9.55 Å². The standard InChI is InChI=1S/C25H32N2O4S/c1-25(2,3)24-26-22-16-21(32(29,30)20-8-6-4-5-7-19(28)15-20)9-10-23(22)27(24)17-18-11-13-31-14-12-18/h4-6,8-10,15-16,18-19,28H,7,11-14,17H2,1-3H3. The van der Waals surface area contributed by atoms with Gasteiger partial charge in [-0.25, -0.2) is 13.4 Å². The molecule has 4 rings (SSSR count). The molecule has 2 heterocycles. The number of aliphatic hydroxyl groups excluding tert-OH is 1. The fourth-order valence-electron chi connectivity index (χ4n) is 4.30. The predicted molar refractivity (Wildman–Crippen MR) is 126 cm³/mol. The SMILES string of the molecule is CC(C)(C)c1nc2cc(S(=O)(=O)C3=CC(O)CC=CC=C3)ccc2n1CC1CCOCC1. The molecule has 1 unspecified atom stereocenters. The molecule has 0 bridgehead atoms. The van der Waals surface area contributed by atoms with Gasteiger partial charge in [-0.15, -0.1) is 0 Å². The second kappa shape index (κ2) is 8.96. The highest BCUT2D eigenvalue weighted by Gasteiger charge is 2.27. The number of imidazole rings is 1. The number of hydrogen-bond acceptors (Lipinski definition) is 5. The van der Waals surface area contributed by atoms with Gasteiger partial charge in [-0.05, 0) is 55.5 Å². The van der Waals surface area contributed by atoms with E-state index in [0.717, 1.165) is 43.9 Å². The molecular formula is C25H32N2O4S. The van der Waals surface area contributed by atoms with Crippen LogP contribution in [-0.4, -0.2) is 42.4 Å². The molecule has 0 radical (unpaired) electrons. The molecule has 0 amide bonds. The fourth-order valence-corrected chi connectivity index (χ4v) is 5.68. The molecule has 6 nitrogen and oxygen atoms in total. The van der Waals surface area contributed by atoms with E-state index in [1.807, 2.05) is 12.1 Å². The molecule has 32 heavy (non-hydrogen) atoms. The highest BCUT2D eigenvalue weighted by molar-refractivity contribution is 7.95. The number of ether oxygens (including phenoxy) is 1. The van der Waals surface area contributed by atoms with Crippen LogP contribution in [0.1, 0.15) is 45.9 Å². The number of rotatable bonds is 4. The number of aromatic nitrogens is 2. The number of sulfone groups is 1. The van der Waals surface area contributed by atoms with Crippen molar-refractivity contribution in [1.29, 1.82) is 0 Å². The number of benzene rings is 1. The van der Waals surface area contributed by atoms with E-state index in [4.69, 9.17) is 9.72 Å². The molecule has 1 saturated heterocycles. The molecule has 0 spiro atoms. The highest BCUT2D eigenvalue weighted by Crippen LogP contribution is 2.32. The van der Waals surface area contributed by atoms with Crippen molar-refractivity contribution < 1.29 is 18.3 Å². The van der Waals surface area contributed by atoms with Crippen LogP contribution in [0.5, 0.6) is 0 Å². The molecular weight excluding hydrogens is 424 g/mol. The number of aliphatic hydroxyl groups is 1. The van der Waals surface area contributed by atoms with E-state index in [1.54, 1.807) is 24.3 Å². The quantitative estimate of drug-likeness (QED) is 0.742. The lowest BCUT2D eigenvalue weighted by Gasteiger charge is -2.26. The van der Waals surface area contributed by atoms with Crippen LogP contribution in [0.3, 0.4) is 0 Å². The average molecular weight is 457 g/mol. The molecule has 1 N–H and O–H groups in total. The summed E-state index contributed by atoms with van der Waals surface area (Å²) in [7, 11) is -3.78. The zero-order valence-electron chi connectivity index (χ0n) is 19.0. The molecule has 1 aromatic heterocycles. The van der Waals surface area contributed by atoms with Gasteiger partial charge in [0.2, 0.25) is 9.84 Å². The maximum absolute atomic E-state index is 13.3. The van der Waals surface area contributed by atoms with Gasteiger partial charge < -0.3 is 14.4 Å². The van der Waals surface area contributed by atoms with Gasteiger partial charge in [0, 0.05) is 25.2 Å². The summed E-state index contributed by atoms with van der Waals surface area (Å²) >= 11 is 0. The molecule has 2 aliphatic rings. The summed E-state index contributed by atoms with van der Waals surface area (Å²) in [6, 6.07) is 5.19. The third kappa shape index (κ3) is 4.75. The number of allylic oxidation sites excluding steroid dienone is 3. The first kappa shape index (κ1) is 23.0. The van der Waals surface area contributed by atoms with Crippen molar-refractivity contribution in [2.45, 2.75) is 63.0 Å². The van der Waals surface area contributed by atoms with Crippen molar-refractivity contribution in [3.05, 3.63) is 59.3 Å². The van der Waals surface area contributed by atoms with Crippen LogP contribution >= 0.6 is 0 Å². The summed E-state index contributed by atoms with van der Waals surface area (Å²) in [6.07, 6.45) is 9.78. The Morgan fingerprint density at radius 2 is 1.94 bits per heavy atom. The molecule has 172 valence electrons. The largest absolute Gasteiger partial charge is 0.389 e. The Morgan fingerprint density at radius 1 is 1.19 bits per heavy atom. The molecule has 0 saturated carbocycles. The minimum atomic E-state index is -3.78. The van der Waals surface area contributed by atoms with E-state index < -0.39 is 15.9 Å². The van der Waals surface area contributed by atoms with Gasteiger partial charge in [0.05, 0.1) is 26.9 Å². The Bertz CT molecular complexity index is 1180. The Labute approximate surface area is 190 Å². The minimum Gasteiger partial charge on any atom is -0.389 e. The lowest BCUT2D eigenvalue weighted by molar-refractivity contribution is 0.0611. The summed E-state index contributed by atoms with van der Waals surface area (Å²) in [5.41, 5.74) is 1.45.